The lowest BCUT2D eigenvalue weighted by Gasteiger charge is -2.38. The summed E-state index contributed by atoms with van der Waals surface area (Å²) in [4.78, 5) is 15.5. The molecule has 3 unspecified atom stereocenters. The molecule has 0 aliphatic heterocycles. The quantitative estimate of drug-likeness (QED) is 0.861. The van der Waals surface area contributed by atoms with Crippen LogP contribution in [0.25, 0.3) is 11.2 Å². The number of aromatic amines is 1. The number of fused-ring (bicyclic) bond motifs is 3. The van der Waals surface area contributed by atoms with Crippen molar-refractivity contribution in [3.05, 3.63) is 11.6 Å². The van der Waals surface area contributed by atoms with Crippen molar-refractivity contribution >= 4 is 22.8 Å². The molecule has 112 valence electrons. The molecular weight excluding hydrogens is 288 g/mol. The number of imidazole rings is 1. The van der Waals surface area contributed by atoms with Gasteiger partial charge in [-0.05, 0) is 42.2 Å². The molecule has 2 bridgehead atoms. The molecule has 3 atom stereocenters. The van der Waals surface area contributed by atoms with Crippen LogP contribution in [0.15, 0.2) is 6.33 Å². The van der Waals surface area contributed by atoms with Crippen molar-refractivity contribution in [1.29, 1.82) is 0 Å². The van der Waals surface area contributed by atoms with Gasteiger partial charge in [0.1, 0.15) is 11.6 Å². The first-order valence-electron chi connectivity index (χ1n) is 7.45. The van der Waals surface area contributed by atoms with Crippen molar-refractivity contribution in [2.45, 2.75) is 46.1 Å². The maximum absolute atomic E-state index is 6.29. The van der Waals surface area contributed by atoms with E-state index >= 15 is 0 Å². The van der Waals surface area contributed by atoms with Gasteiger partial charge >= 0.3 is 0 Å². The van der Waals surface area contributed by atoms with E-state index in [-0.39, 0.29) is 16.8 Å². The van der Waals surface area contributed by atoms with Crippen LogP contribution in [0.5, 0.6) is 5.88 Å². The number of hydrogen-bond donors (Lipinski definition) is 1. The van der Waals surface area contributed by atoms with Crippen molar-refractivity contribution in [1.82, 2.24) is 19.9 Å². The fraction of sp³-hybridized carbons (Fsp3) is 0.667. The third kappa shape index (κ3) is 1.67. The molecule has 0 radical (unpaired) electrons. The highest BCUT2D eigenvalue weighted by Crippen LogP contribution is 2.66. The van der Waals surface area contributed by atoms with Crippen LogP contribution in [-0.2, 0) is 0 Å². The van der Waals surface area contributed by atoms with Crippen LogP contribution in [0.3, 0.4) is 0 Å². The molecule has 2 heterocycles. The molecule has 5 nitrogen and oxygen atoms in total. The topological polar surface area (TPSA) is 63.7 Å². The molecule has 2 aromatic heterocycles. The average Bonchev–Trinajstić information content (AvgIpc) is 3.01. The summed E-state index contributed by atoms with van der Waals surface area (Å²) in [5.74, 6) is 1.25. The van der Waals surface area contributed by atoms with Crippen LogP contribution in [0, 0.1) is 16.7 Å². The van der Waals surface area contributed by atoms with E-state index in [2.05, 4.69) is 40.7 Å². The minimum absolute atomic E-state index is 0.170. The highest BCUT2D eigenvalue weighted by Gasteiger charge is 2.62. The van der Waals surface area contributed by atoms with E-state index in [9.17, 15) is 0 Å². The van der Waals surface area contributed by atoms with Crippen LogP contribution in [0.4, 0.5) is 0 Å². The molecule has 0 spiro atoms. The molecule has 0 saturated heterocycles. The van der Waals surface area contributed by atoms with Gasteiger partial charge in [-0.2, -0.15) is 9.97 Å². The third-order valence-corrected chi connectivity index (χ3v) is 6.36. The number of hydrogen-bond acceptors (Lipinski definition) is 4. The molecule has 0 amide bonds. The standard InChI is InChI=1S/C15H19ClN4O/c1-14(2)8-4-5-15(14,3)9(6-8)21-12-10-11(18-7-17-10)19-13(16)20-12/h7-9H,4-6H2,1-3H3,(H,17,18,19,20). The largest absolute Gasteiger partial charge is 0.472 e. The van der Waals surface area contributed by atoms with Crippen molar-refractivity contribution < 1.29 is 4.74 Å². The first-order chi connectivity index (χ1) is 9.92. The Morgan fingerprint density at radius 1 is 1.33 bits per heavy atom. The summed E-state index contributed by atoms with van der Waals surface area (Å²) in [7, 11) is 0. The fourth-order valence-electron chi connectivity index (χ4n) is 4.31. The van der Waals surface area contributed by atoms with Gasteiger partial charge in [-0.3, -0.25) is 0 Å². The Bertz CT molecular complexity index is 713. The summed E-state index contributed by atoms with van der Waals surface area (Å²) in [6.07, 6.45) is 5.35. The highest BCUT2D eigenvalue weighted by molar-refractivity contribution is 6.28. The molecule has 2 aliphatic rings. The second kappa shape index (κ2) is 4.09. The van der Waals surface area contributed by atoms with E-state index in [0.29, 0.717) is 16.9 Å². The van der Waals surface area contributed by atoms with E-state index in [4.69, 9.17) is 16.3 Å². The highest BCUT2D eigenvalue weighted by atomic mass is 35.5. The predicted molar refractivity (Wildman–Crippen MR) is 80.3 cm³/mol. The van der Waals surface area contributed by atoms with Crippen LogP contribution >= 0.6 is 11.6 Å². The molecule has 0 aromatic carbocycles. The number of halogens is 1. The molecule has 4 rings (SSSR count). The molecule has 6 heteroatoms. The molecule has 2 saturated carbocycles. The van der Waals surface area contributed by atoms with E-state index < -0.39 is 0 Å². The third-order valence-electron chi connectivity index (χ3n) is 6.19. The van der Waals surface area contributed by atoms with Crippen LogP contribution in [0.1, 0.15) is 40.0 Å². The zero-order valence-electron chi connectivity index (χ0n) is 12.5. The second-order valence-corrected chi connectivity index (χ2v) is 7.45. The molecular formula is C15H19ClN4O. The number of rotatable bonds is 2. The Hall–Kier alpha value is -1.36. The maximum atomic E-state index is 6.29. The van der Waals surface area contributed by atoms with Gasteiger partial charge in [0.25, 0.3) is 0 Å². The van der Waals surface area contributed by atoms with Crippen LogP contribution in [0.2, 0.25) is 5.28 Å². The predicted octanol–water partition coefficient (Wildman–Crippen LogP) is 3.60. The van der Waals surface area contributed by atoms with Gasteiger partial charge in [0.05, 0.1) is 6.33 Å². The van der Waals surface area contributed by atoms with E-state index in [1.807, 2.05) is 0 Å². The Kier molecular flexibility index (Phi) is 2.60. The summed E-state index contributed by atoms with van der Waals surface area (Å²) in [5.41, 5.74) is 1.77. The number of aromatic nitrogens is 4. The number of ether oxygens (including phenoxy) is 1. The maximum Gasteiger partial charge on any atom is 0.244 e. The molecule has 1 N–H and O–H groups in total. The Labute approximate surface area is 128 Å². The summed E-state index contributed by atoms with van der Waals surface area (Å²) in [6.45, 7) is 7.08. The SMILES string of the molecule is CC1(C)C2CCC1(C)C(Oc1nc(Cl)nc3nc[nH]c13)C2. The summed E-state index contributed by atoms with van der Waals surface area (Å²) < 4.78 is 6.29. The van der Waals surface area contributed by atoms with Crippen molar-refractivity contribution in [3.8, 4) is 5.88 Å². The number of nitrogens with zero attached hydrogens (tertiary/aromatic N) is 3. The Morgan fingerprint density at radius 3 is 2.81 bits per heavy atom. The first-order valence-corrected chi connectivity index (χ1v) is 7.83. The van der Waals surface area contributed by atoms with Gasteiger partial charge in [0, 0.05) is 5.41 Å². The van der Waals surface area contributed by atoms with Crippen LogP contribution < -0.4 is 4.74 Å². The lowest BCUT2D eigenvalue weighted by Crippen LogP contribution is -2.39. The second-order valence-electron chi connectivity index (χ2n) is 7.12. The van der Waals surface area contributed by atoms with Crippen molar-refractivity contribution in [3.63, 3.8) is 0 Å². The summed E-state index contributed by atoms with van der Waals surface area (Å²) in [5, 5.41) is 0.178. The first kappa shape index (κ1) is 13.3. The Morgan fingerprint density at radius 2 is 2.14 bits per heavy atom. The smallest absolute Gasteiger partial charge is 0.244 e. The lowest BCUT2D eigenvalue weighted by atomic mass is 9.70. The van der Waals surface area contributed by atoms with Gasteiger partial charge < -0.3 is 9.72 Å². The normalized spacial score (nSPS) is 33.7. The lowest BCUT2D eigenvalue weighted by molar-refractivity contribution is 0.0282. The Balaban J connectivity index is 1.72. The molecule has 2 fully saturated rings. The van der Waals surface area contributed by atoms with Crippen molar-refractivity contribution in [2.75, 3.05) is 0 Å². The van der Waals surface area contributed by atoms with Gasteiger partial charge in [-0.15, -0.1) is 0 Å². The zero-order chi connectivity index (χ0) is 14.8. The zero-order valence-corrected chi connectivity index (χ0v) is 13.2. The van der Waals surface area contributed by atoms with Crippen LogP contribution in [-0.4, -0.2) is 26.0 Å². The fourth-order valence-corrected chi connectivity index (χ4v) is 4.47. The van der Waals surface area contributed by atoms with Gasteiger partial charge in [-0.1, -0.05) is 20.8 Å². The minimum atomic E-state index is 0.170. The minimum Gasteiger partial charge on any atom is -0.472 e. The monoisotopic (exact) mass is 306 g/mol. The van der Waals surface area contributed by atoms with Gasteiger partial charge in [-0.25, -0.2) is 4.98 Å². The molecule has 2 aromatic rings. The van der Waals surface area contributed by atoms with E-state index in [1.54, 1.807) is 6.33 Å². The number of nitrogens with one attached hydrogen (secondary N) is 1. The summed E-state index contributed by atoms with van der Waals surface area (Å²) >= 11 is 5.98. The number of H-pyrrole nitrogens is 1. The summed E-state index contributed by atoms with van der Waals surface area (Å²) in [6, 6.07) is 0. The van der Waals surface area contributed by atoms with E-state index in [0.717, 1.165) is 17.9 Å². The van der Waals surface area contributed by atoms with Gasteiger partial charge in [0.2, 0.25) is 11.2 Å². The average molecular weight is 307 g/mol. The molecule has 21 heavy (non-hydrogen) atoms. The molecule has 2 aliphatic carbocycles. The van der Waals surface area contributed by atoms with Crippen molar-refractivity contribution in [2.24, 2.45) is 16.7 Å². The van der Waals surface area contributed by atoms with Gasteiger partial charge in [0.15, 0.2) is 5.65 Å². The van der Waals surface area contributed by atoms with E-state index in [1.165, 1.54) is 12.8 Å².